The summed E-state index contributed by atoms with van der Waals surface area (Å²) < 4.78 is 6.46. The molecule has 0 saturated heterocycles. The number of pyridine rings is 1. The van der Waals surface area contributed by atoms with Gasteiger partial charge in [0.25, 0.3) is 0 Å². The monoisotopic (exact) mass is 309 g/mol. The van der Waals surface area contributed by atoms with Crippen molar-refractivity contribution in [1.82, 2.24) is 19.9 Å². The number of carbonyl (C=O) groups is 1. The lowest BCUT2D eigenvalue weighted by atomic mass is 10.2. The maximum Gasteiger partial charge on any atom is 0.426 e. The molecular formula is C16H15N5O2. The van der Waals surface area contributed by atoms with Crippen LogP contribution in [0, 0.1) is 0 Å². The normalized spacial score (nSPS) is 10.3. The Morgan fingerprint density at radius 1 is 1.09 bits per heavy atom. The Morgan fingerprint density at radius 2 is 1.78 bits per heavy atom. The Bertz CT molecular complexity index is 730. The number of nitrogens with zero attached hydrogens (tertiary/aromatic N) is 4. The van der Waals surface area contributed by atoms with Crippen molar-refractivity contribution >= 4 is 6.09 Å². The van der Waals surface area contributed by atoms with Crippen molar-refractivity contribution in [3.05, 3.63) is 54.9 Å². The van der Waals surface area contributed by atoms with E-state index in [9.17, 15) is 4.79 Å². The molecule has 1 N–H and O–H groups in total. The van der Waals surface area contributed by atoms with Gasteiger partial charge >= 0.3 is 6.09 Å². The van der Waals surface area contributed by atoms with Crippen LogP contribution in [0.25, 0.3) is 22.8 Å². The van der Waals surface area contributed by atoms with Crippen LogP contribution in [0.1, 0.15) is 6.92 Å². The molecule has 3 rings (SSSR count). The average Bonchev–Trinajstić information content (AvgIpc) is 3.00. The first kappa shape index (κ1) is 14.7. The summed E-state index contributed by atoms with van der Waals surface area (Å²) in [7, 11) is 0. The van der Waals surface area contributed by atoms with Gasteiger partial charge in [-0.25, -0.2) is 14.9 Å². The van der Waals surface area contributed by atoms with E-state index in [1.807, 2.05) is 36.4 Å². The molecule has 2 heterocycles. The molecule has 0 fully saturated rings. The Hall–Kier alpha value is -3.22. The highest BCUT2D eigenvalue weighted by atomic mass is 16.6. The van der Waals surface area contributed by atoms with Gasteiger partial charge in [-0.15, -0.1) is 10.2 Å². The summed E-state index contributed by atoms with van der Waals surface area (Å²) in [4.78, 5) is 15.9. The van der Waals surface area contributed by atoms with Crippen molar-refractivity contribution in [3.63, 3.8) is 0 Å². The molecule has 23 heavy (non-hydrogen) atoms. The minimum absolute atomic E-state index is 0.275. The first-order chi connectivity index (χ1) is 11.3. The van der Waals surface area contributed by atoms with Gasteiger partial charge in [-0.3, -0.25) is 4.98 Å². The lowest BCUT2D eigenvalue weighted by Crippen LogP contribution is -2.25. The highest BCUT2D eigenvalue weighted by molar-refractivity contribution is 5.78. The predicted octanol–water partition coefficient (Wildman–Crippen LogP) is 2.71. The largest absolute Gasteiger partial charge is 0.449 e. The van der Waals surface area contributed by atoms with Crippen LogP contribution >= 0.6 is 0 Å². The van der Waals surface area contributed by atoms with Gasteiger partial charge in [0.05, 0.1) is 6.61 Å². The van der Waals surface area contributed by atoms with Gasteiger partial charge in [-0.1, -0.05) is 30.3 Å². The van der Waals surface area contributed by atoms with Crippen molar-refractivity contribution in [2.45, 2.75) is 6.92 Å². The summed E-state index contributed by atoms with van der Waals surface area (Å²) in [6.07, 6.45) is 2.75. The molecule has 0 radical (unpaired) electrons. The van der Waals surface area contributed by atoms with Crippen molar-refractivity contribution in [3.8, 4) is 22.8 Å². The third-order valence-electron chi connectivity index (χ3n) is 3.09. The Kier molecular flexibility index (Phi) is 4.28. The third-order valence-corrected chi connectivity index (χ3v) is 3.09. The van der Waals surface area contributed by atoms with Crippen LogP contribution in [0.2, 0.25) is 0 Å². The van der Waals surface area contributed by atoms with Gasteiger partial charge in [0.1, 0.15) is 0 Å². The van der Waals surface area contributed by atoms with Crippen molar-refractivity contribution in [1.29, 1.82) is 0 Å². The summed E-state index contributed by atoms with van der Waals surface area (Å²) in [5.74, 6) is 0.988. The zero-order valence-corrected chi connectivity index (χ0v) is 12.5. The third kappa shape index (κ3) is 3.18. The summed E-state index contributed by atoms with van der Waals surface area (Å²) in [6.45, 7) is 2.02. The standard InChI is InChI=1S/C16H15N5O2/c1-2-23-16(22)20-21-14(12-7-4-3-5-8-12)18-19-15(21)13-9-6-10-17-11-13/h3-11H,2H2,1H3,(H,20,22). The SMILES string of the molecule is CCOC(=O)Nn1c(-c2ccccc2)nnc1-c1cccnc1. The molecule has 0 bridgehead atoms. The molecule has 0 aliphatic rings. The van der Waals surface area contributed by atoms with E-state index in [1.54, 1.807) is 25.4 Å². The lowest BCUT2D eigenvalue weighted by molar-refractivity contribution is 0.164. The van der Waals surface area contributed by atoms with Gasteiger partial charge in [-0.2, -0.15) is 0 Å². The van der Waals surface area contributed by atoms with Gasteiger partial charge in [0.2, 0.25) is 0 Å². The molecule has 0 atom stereocenters. The van der Waals surface area contributed by atoms with Crippen LogP contribution in [0.5, 0.6) is 0 Å². The molecule has 0 unspecified atom stereocenters. The minimum Gasteiger partial charge on any atom is -0.449 e. The number of aromatic nitrogens is 4. The van der Waals surface area contributed by atoms with Crippen molar-refractivity contribution < 1.29 is 9.53 Å². The second-order valence-corrected chi connectivity index (χ2v) is 4.62. The molecule has 2 aromatic heterocycles. The van der Waals surface area contributed by atoms with Gasteiger partial charge in [0, 0.05) is 23.5 Å². The predicted molar refractivity (Wildman–Crippen MR) is 85.1 cm³/mol. The van der Waals surface area contributed by atoms with Gasteiger partial charge in [-0.05, 0) is 19.1 Å². The molecule has 0 aliphatic carbocycles. The highest BCUT2D eigenvalue weighted by Gasteiger charge is 2.17. The van der Waals surface area contributed by atoms with E-state index in [-0.39, 0.29) is 6.61 Å². The van der Waals surface area contributed by atoms with Crippen LogP contribution < -0.4 is 5.43 Å². The number of hydrogen-bond acceptors (Lipinski definition) is 5. The van der Waals surface area contributed by atoms with Crippen molar-refractivity contribution in [2.75, 3.05) is 12.0 Å². The minimum atomic E-state index is -0.574. The maximum atomic E-state index is 11.9. The van der Waals surface area contributed by atoms with E-state index in [2.05, 4.69) is 20.6 Å². The lowest BCUT2D eigenvalue weighted by Gasteiger charge is -2.11. The zero-order chi connectivity index (χ0) is 16.1. The molecule has 0 aliphatic heterocycles. The molecule has 7 heteroatoms. The number of nitrogens with one attached hydrogen (secondary N) is 1. The number of carbonyl (C=O) groups excluding carboxylic acids is 1. The number of amides is 1. The number of ether oxygens (including phenoxy) is 1. The quantitative estimate of drug-likeness (QED) is 0.801. The molecule has 0 spiro atoms. The number of benzene rings is 1. The Morgan fingerprint density at radius 3 is 2.43 bits per heavy atom. The molecule has 1 aromatic carbocycles. The van der Waals surface area contributed by atoms with E-state index in [4.69, 9.17) is 4.74 Å². The fourth-order valence-electron chi connectivity index (χ4n) is 2.10. The van der Waals surface area contributed by atoms with E-state index in [1.165, 1.54) is 4.68 Å². The van der Waals surface area contributed by atoms with Gasteiger partial charge in [0.15, 0.2) is 11.6 Å². The summed E-state index contributed by atoms with van der Waals surface area (Å²) >= 11 is 0. The van der Waals surface area contributed by atoms with E-state index < -0.39 is 6.09 Å². The summed E-state index contributed by atoms with van der Waals surface area (Å²) in [5.41, 5.74) is 4.22. The van der Waals surface area contributed by atoms with Crippen molar-refractivity contribution in [2.24, 2.45) is 0 Å². The molecule has 7 nitrogen and oxygen atoms in total. The molecule has 0 saturated carbocycles. The number of rotatable bonds is 4. The van der Waals surface area contributed by atoms with Crippen LogP contribution in [0.3, 0.4) is 0 Å². The van der Waals surface area contributed by atoms with E-state index in [0.29, 0.717) is 11.6 Å². The zero-order valence-electron chi connectivity index (χ0n) is 12.5. The molecule has 1 amide bonds. The fraction of sp³-hybridized carbons (Fsp3) is 0.125. The highest BCUT2D eigenvalue weighted by Crippen LogP contribution is 2.22. The summed E-state index contributed by atoms with van der Waals surface area (Å²) in [6, 6.07) is 13.1. The smallest absolute Gasteiger partial charge is 0.426 e. The summed E-state index contributed by atoms with van der Waals surface area (Å²) in [5, 5.41) is 8.37. The molecule has 3 aromatic rings. The van der Waals surface area contributed by atoms with Gasteiger partial charge < -0.3 is 4.74 Å². The van der Waals surface area contributed by atoms with Crippen LogP contribution in [-0.2, 0) is 4.74 Å². The Labute approximate surface area is 132 Å². The molecular weight excluding hydrogens is 294 g/mol. The Balaban J connectivity index is 2.07. The topological polar surface area (TPSA) is 81.9 Å². The number of hydrogen-bond donors (Lipinski definition) is 1. The first-order valence-corrected chi connectivity index (χ1v) is 7.14. The average molecular weight is 309 g/mol. The van der Waals surface area contributed by atoms with E-state index >= 15 is 0 Å². The van der Waals surface area contributed by atoms with E-state index in [0.717, 1.165) is 11.1 Å². The molecule has 116 valence electrons. The van der Waals surface area contributed by atoms with Crippen LogP contribution in [0.15, 0.2) is 54.9 Å². The van der Waals surface area contributed by atoms with Crippen LogP contribution in [-0.4, -0.2) is 32.6 Å². The van der Waals surface area contributed by atoms with Crippen LogP contribution in [0.4, 0.5) is 4.79 Å². The second-order valence-electron chi connectivity index (χ2n) is 4.62. The fourth-order valence-corrected chi connectivity index (χ4v) is 2.10. The first-order valence-electron chi connectivity index (χ1n) is 7.14. The second kappa shape index (κ2) is 6.69. The maximum absolute atomic E-state index is 11.9.